The molecular formula is C36H24N8O6S2Zn. The van der Waals surface area contributed by atoms with E-state index < -0.39 is 29.7 Å². The Balaban J connectivity index is 0.00000400. The van der Waals surface area contributed by atoms with Gasteiger partial charge in [0.1, 0.15) is 9.49 Å². The second-order valence-electron chi connectivity index (χ2n) is 12.9. The van der Waals surface area contributed by atoms with Crippen LogP contribution in [0, 0.1) is 0 Å². The Morgan fingerprint density at radius 3 is 1.34 bits per heavy atom. The average molecular weight is 794 g/mol. The summed E-state index contributed by atoms with van der Waals surface area (Å²) in [5.74, 6) is 0.918. The van der Waals surface area contributed by atoms with Crippen molar-refractivity contribution in [2.75, 3.05) is 0 Å². The Kier molecular flexibility index (Phi) is 7.77. The molecule has 0 saturated heterocycles. The topological polar surface area (TPSA) is 214 Å². The maximum atomic E-state index is 12.5. The Labute approximate surface area is 314 Å². The molecule has 2 unspecified atom stereocenters. The maximum absolute atomic E-state index is 12.5. The molecule has 2 aromatic carbocycles. The molecule has 0 saturated carbocycles. The smallest absolute Gasteiger partial charge is 0.357 e. The fourth-order valence-electron chi connectivity index (χ4n) is 6.30. The number of nitrogens with zero attached hydrogens (tertiary/aromatic N) is 8. The molecule has 2 atom stereocenters. The molecule has 8 bridgehead atoms. The Morgan fingerprint density at radius 1 is 0.509 bits per heavy atom. The van der Waals surface area contributed by atoms with Crippen LogP contribution in [0.2, 0.25) is 0 Å². The van der Waals surface area contributed by atoms with E-state index in [1.165, 1.54) is 62.5 Å². The van der Waals surface area contributed by atoms with Gasteiger partial charge in [-0.15, -0.1) is 0 Å². The number of fused-ring (bicyclic) bond motifs is 19. The zero-order chi connectivity index (χ0) is 36.2. The number of rotatable bonds is 2. The van der Waals surface area contributed by atoms with Gasteiger partial charge < -0.3 is 29.9 Å². The van der Waals surface area contributed by atoms with Crippen LogP contribution in [0.3, 0.4) is 0 Å². The Bertz CT molecular complexity index is 3020. The van der Waals surface area contributed by atoms with Gasteiger partial charge in [0.25, 0.3) is 20.2 Å². The summed E-state index contributed by atoms with van der Waals surface area (Å²) in [6, 6.07) is 14.9. The number of hydrogen-bond acceptors (Lipinski definition) is 10. The van der Waals surface area contributed by atoms with Gasteiger partial charge in [-0.25, -0.2) is 9.97 Å². The summed E-state index contributed by atoms with van der Waals surface area (Å²) in [5, 5.41) is 1.39. The minimum Gasteiger partial charge on any atom is -0.357 e. The van der Waals surface area contributed by atoms with Crippen molar-refractivity contribution in [1.82, 2.24) is 39.9 Å². The monoisotopic (exact) mass is 792 g/mol. The fraction of sp³-hybridized carbons (Fsp3) is 0.111. The molecule has 4 aliphatic rings. The van der Waals surface area contributed by atoms with Crippen molar-refractivity contribution in [3.05, 3.63) is 108 Å². The van der Waals surface area contributed by atoms with E-state index in [1.54, 1.807) is 0 Å². The Hall–Kier alpha value is -5.32. The number of hydrogen-bond donors (Lipinski definition) is 2. The molecule has 2 aliphatic heterocycles. The molecule has 9 rings (SSSR count). The molecule has 0 amide bonds. The van der Waals surface area contributed by atoms with Gasteiger partial charge >= 0.3 is 19.5 Å². The van der Waals surface area contributed by atoms with Gasteiger partial charge in [0, 0.05) is 44.9 Å². The van der Waals surface area contributed by atoms with Gasteiger partial charge in [0.05, 0.1) is 23.3 Å². The van der Waals surface area contributed by atoms with Gasteiger partial charge in [-0.1, -0.05) is 97.1 Å². The summed E-state index contributed by atoms with van der Waals surface area (Å²) in [7, 11) is -9.17. The van der Waals surface area contributed by atoms with Gasteiger partial charge in [0.2, 0.25) is 0 Å². The molecular weight excluding hydrogens is 770 g/mol. The second-order valence-corrected chi connectivity index (χ2v) is 16.5. The first kappa shape index (κ1) is 34.8. The van der Waals surface area contributed by atoms with E-state index in [9.17, 15) is 25.9 Å². The SMILES string of the molecule is CC1(S(=O)(=O)O)C=CC2=C(C=C1)c1nc2nc2[n-]c(nc3nc(nc4[n-]c(n1)c1ccccc41)-c1ccccc1-3)c1c2C=CC(C)(S(=O)(=O)O)C=C1.[Zn+2]. The number of benzene rings is 2. The normalized spacial score (nSPS) is 20.4. The summed E-state index contributed by atoms with van der Waals surface area (Å²) in [6.45, 7) is 2.70. The van der Waals surface area contributed by atoms with Crippen molar-refractivity contribution >= 4 is 76.9 Å². The molecule has 17 heteroatoms. The van der Waals surface area contributed by atoms with Crippen molar-refractivity contribution < 1.29 is 45.4 Å². The third kappa shape index (κ3) is 5.46. The van der Waals surface area contributed by atoms with E-state index >= 15 is 0 Å². The third-order valence-corrected chi connectivity index (χ3v) is 12.3. The summed E-state index contributed by atoms with van der Waals surface area (Å²) in [4.78, 5) is 38.5. The number of aromatic nitrogens is 8. The maximum Gasteiger partial charge on any atom is 2.00 e. The first-order chi connectivity index (χ1) is 24.7. The minimum atomic E-state index is -4.58. The van der Waals surface area contributed by atoms with Gasteiger partial charge in [-0.05, 0) is 35.7 Å². The summed E-state index contributed by atoms with van der Waals surface area (Å²) in [6.07, 6.45) is 11.4. The van der Waals surface area contributed by atoms with Crippen LogP contribution in [0.15, 0.2) is 85.0 Å². The molecule has 14 nitrogen and oxygen atoms in total. The first-order valence-corrected chi connectivity index (χ1v) is 18.7. The molecule has 0 fully saturated rings. The van der Waals surface area contributed by atoms with Crippen LogP contribution in [0.5, 0.6) is 0 Å². The van der Waals surface area contributed by atoms with Crippen LogP contribution in [-0.4, -0.2) is 65.3 Å². The largest absolute Gasteiger partial charge is 2.00 e. The van der Waals surface area contributed by atoms with E-state index in [1.807, 2.05) is 48.5 Å². The Morgan fingerprint density at radius 2 is 0.868 bits per heavy atom. The molecule has 0 spiro atoms. The van der Waals surface area contributed by atoms with E-state index in [4.69, 9.17) is 39.9 Å². The van der Waals surface area contributed by atoms with Gasteiger partial charge in [-0.3, -0.25) is 9.11 Å². The molecule has 0 radical (unpaired) electrons. The summed E-state index contributed by atoms with van der Waals surface area (Å²) in [5.41, 5.74) is 3.88. The zero-order valence-electron chi connectivity index (χ0n) is 27.9. The summed E-state index contributed by atoms with van der Waals surface area (Å²) >= 11 is 0. The van der Waals surface area contributed by atoms with Crippen LogP contribution < -0.4 is 9.97 Å². The molecule has 3 aromatic heterocycles. The van der Waals surface area contributed by atoms with Crippen LogP contribution in [0.1, 0.15) is 36.6 Å². The van der Waals surface area contributed by atoms with Crippen molar-refractivity contribution in [2.45, 2.75) is 23.3 Å². The summed E-state index contributed by atoms with van der Waals surface area (Å²) < 4.78 is 66.5. The van der Waals surface area contributed by atoms with Crippen molar-refractivity contribution in [3.63, 3.8) is 0 Å². The van der Waals surface area contributed by atoms with Crippen LogP contribution in [-0.2, 0) is 39.7 Å². The molecule has 5 aromatic rings. The average Bonchev–Trinajstić information content (AvgIpc) is 3.73. The predicted molar refractivity (Wildman–Crippen MR) is 195 cm³/mol. The second kappa shape index (κ2) is 11.8. The van der Waals surface area contributed by atoms with E-state index in [2.05, 4.69) is 0 Å². The predicted octanol–water partition coefficient (Wildman–Crippen LogP) is 5.01. The third-order valence-electron chi connectivity index (χ3n) is 9.49. The van der Waals surface area contributed by atoms with Crippen molar-refractivity contribution in [1.29, 1.82) is 0 Å². The molecule has 2 aliphatic carbocycles. The number of allylic oxidation sites excluding steroid dienone is 4. The van der Waals surface area contributed by atoms with E-state index in [0.717, 1.165) is 0 Å². The standard InChI is InChI=1S/C36H24N8O6S2.Zn/c1-35(51(45,46)47)15-11-23-25(13-17-35)33-42-31(23)40-29-21-9-5-3-7-19(21)27(38-29)37-28-20-8-4-6-10-22(20)30(39-28)41-32-24-12-16-36(2,52(48,49)50)18-14-26(24)34(43-32)44-33;/h3-18H,1-2H3,(H2-2,37,38,39,40,41,42,43,44,45,46,47,48,49,50);/q-2;+2. The molecule has 258 valence electrons. The quantitative estimate of drug-likeness (QED) is 0.174. The fourth-order valence-corrected chi connectivity index (χ4v) is 7.26. The zero-order valence-corrected chi connectivity index (χ0v) is 32.5. The van der Waals surface area contributed by atoms with E-state index in [0.29, 0.717) is 67.1 Å². The first-order valence-electron chi connectivity index (χ1n) is 15.8. The minimum absolute atomic E-state index is 0. The van der Waals surface area contributed by atoms with E-state index in [-0.39, 0.29) is 42.4 Å². The van der Waals surface area contributed by atoms with Crippen LogP contribution in [0.25, 0.3) is 79.4 Å². The molecule has 2 N–H and O–H groups in total. The van der Waals surface area contributed by atoms with Crippen LogP contribution >= 0.6 is 0 Å². The molecule has 5 heterocycles. The molecule has 53 heavy (non-hydrogen) atoms. The van der Waals surface area contributed by atoms with Crippen LogP contribution in [0.4, 0.5) is 0 Å². The van der Waals surface area contributed by atoms with Gasteiger partial charge in [0.15, 0.2) is 0 Å². The van der Waals surface area contributed by atoms with Crippen molar-refractivity contribution in [2.24, 2.45) is 0 Å². The van der Waals surface area contributed by atoms with Gasteiger partial charge in [-0.2, -0.15) is 16.8 Å². The van der Waals surface area contributed by atoms with Crippen molar-refractivity contribution in [3.8, 4) is 22.8 Å².